The second kappa shape index (κ2) is 5.69. The highest BCUT2D eigenvalue weighted by Gasteiger charge is 2.09. The number of carbonyl (C=O) groups excluding carboxylic acids is 1. The van der Waals surface area contributed by atoms with Crippen LogP contribution in [0.1, 0.15) is 28.5 Å². The van der Waals surface area contributed by atoms with E-state index >= 15 is 0 Å². The smallest absolute Gasteiger partial charge is 0.255 e. The fourth-order valence-corrected chi connectivity index (χ4v) is 1.93. The van der Waals surface area contributed by atoms with Crippen molar-refractivity contribution in [3.05, 3.63) is 53.0 Å². The van der Waals surface area contributed by atoms with Crippen molar-refractivity contribution in [2.75, 3.05) is 11.1 Å². The van der Waals surface area contributed by atoms with Crippen LogP contribution >= 0.6 is 0 Å². The lowest BCUT2D eigenvalue weighted by Crippen LogP contribution is -2.13. The Balaban J connectivity index is 2.25. The number of aryl methyl sites for hydroxylation is 2. The topological polar surface area (TPSA) is 68.0 Å². The molecule has 0 saturated carbocycles. The van der Waals surface area contributed by atoms with Crippen LogP contribution in [0.15, 0.2) is 30.3 Å². The Morgan fingerprint density at radius 3 is 2.70 bits per heavy atom. The van der Waals surface area contributed by atoms with Gasteiger partial charge in [0, 0.05) is 16.9 Å². The molecule has 2 rings (SSSR count). The molecule has 104 valence electrons. The number of benzene rings is 1. The molecule has 0 aliphatic rings. The second-order valence-corrected chi connectivity index (χ2v) is 4.60. The number of nitrogens with zero attached hydrogens (tertiary/aromatic N) is 1. The van der Waals surface area contributed by atoms with E-state index in [0.717, 1.165) is 11.3 Å². The third-order valence-corrected chi connectivity index (χ3v) is 2.82. The predicted molar refractivity (Wildman–Crippen MR) is 77.1 cm³/mol. The third kappa shape index (κ3) is 3.32. The number of carbonyl (C=O) groups is 1. The van der Waals surface area contributed by atoms with Gasteiger partial charge in [-0.05, 0) is 49.2 Å². The lowest BCUT2D eigenvalue weighted by molar-refractivity contribution is 0.102. The molecule has 3 N–H and O–H groups in total. The monoisotopic (exact) mass is 273 g/mol. The molecule has 2 aromatic rings. The lowest BCUT2D eigenvalue weighted by atomic mass is 10.1. The first-order chi connectivity index (χ1) is 9.47. The fraction of sp³-hybridized carbons (Fsp3) is 0.200. The SMILES string of the molecule is CCc1cc(C(=O)Nc2cc(C)cc(F)c2)cc(N)n1. The molecule has 0 spiro atoms. The van der Waals surface area contributed by atoms with Crippen molar-refractivity contribution in [1.29, 1.82) is 0 Å². The number of nitrogen functional groups attached to an aromatic ring is 1. The molecule has 0 radical (unpaired) electrons. The van der Waals surface area contributed by atoms with Gasteiger partial charge in [0.05, 0.1) is 0 Å². The molecule has 0 fully saturated rings. The van der Waals surface area contributed by atoms with Crippen LogP contribution in [0.4, 0.5) is 15.9 Å². The van der Waals surface area contributed by atoms with Gasteiger partial charge in [-0.1, -0.05) is 6.92 Å². The summed E-state index contributed by atoms with van der Waals surface area (Å²) in [6.07, 6.45) is 0.685. The van der Waals surface area contributed by atoms with Crippen LogP contribution in [0.3, 0.4) is 0 Å². The highest BCUT2D eigenvalue weighted by atomic mass is 19.1. The minimum atomic E-state index is -0.385. The summed E-state index contributed by atoms with van der Waals surface area (Å²) in [5, 5.41) is 2.66. The van der Waals surface area contributed by atoms with E-state index in [-0.39, 0.29) is 11.7 Å². The number of nitrogens with two attached hydrogens (primary N) is 1. The maximum absolute atomic E-state index is 13.3. The van der Waals surface area contributed by atoms with Gasteiger partial charge in [-0.25, -0.2) is 9.37 Å². The zero-order chi connectivity index (χ0) is 14.7. The van der Waals surface area contributed by atoms with Gasteiger partial charge in [0.2, 0.25) is 0 Å². The van der Waals surface area contributed by atoms with Gasteiger partial charge in [0.25, 0.3) is 5.91 Å². The second-order valence-electron chi connectivity index (χ2n) is 4.60. The Morgan fingerprint density at radius 1 is 1.30 bits per heavy atom. The molecule has 0 atom stereocenters. The number of rotatable bonds is 3. The summed E-state index contributed by atoms with van der Waals surface area (Å²) in [5.74, 6) is -0.424. The van der Waals surface area contributed by atoms with Crippen molar-refractivity contribution in [3.8, 4) is 0 Å². The van der Waals surface area contributed by atoms with Gasteiger partial charge in [-0.3, -0.25) is 4.79 Å². The van der Waals surface area contributed by atoms with E-state index in [1.54, 1.807) is 19.1 Å². The fourth-order valence-electron chi connectivity index (χ4n) is 1.93. The first kappa shape index (κ1) is 14.0. The van der Waals surface area contributed by atoms with Gasteiger partial charge < -0.3 is 11.1 Å². The maximum Gasteiger partial charge on any atom is 0.255 e. The minimum Gasteiger partial charge on any atom is -0.384 e. The Morgan fingerprint density at radius 2 is 2.05 bits per heavy atom. The molecule has 0 aliphatic carbocycles. The lowest BCUT2D eigenvalue weighted by Gasteiger charge is -2.08. The first-order valence-corrected chi connectivity index (χ1v) is 6.33. The molecular weight excluding hydrogens is 257 g/mol. The van der Waals surface area contributed by atoms with Gasteiger partial charge >= 0.3 is 0 Å². The van der Waals surface area contributed by atoms with Gasteiger partial charge in [0.1, 0.15) is 11.6 Å². The first-order valence-electron chi connectivity index (χ1n) is 6.33. The molecule has 5 heteroatoms. The summed E-state index contributed by atoms with van der Waals surface area (Å²) in [7, 11) is 0. The molecule has 0 saturated heterocycles. The third-order valence-electron chi connectivity index (χ3n) is 2.82. The summed E-state index contributed by atoms with van der Waals surface area (Å²) in [4.78, 5) is 16.2. The van der Waals surface area contributed by atoms with E-state index in [9.17, 15) is 9.18 Å². The Hall–Kier alpha value is -2.43. The van der Waals surface area contributed by atoms with Crippen LogP contribution in [-0.2, 0) is 6.42 Å². The van der Waals surface area contributed by atoms with E-state index in [1.807, 2.05) is 6.92 Å². The summed E-state index contributed by atoms with van der Waals surface area (Å²) in [6, 6.07) is 7.55. The molecule has 1 heterocycles. The van der Waals surface area contributed by atoms with Crippen LogP contribution in [-0.4, -0.2) is 10.9 Å². The van der Waals surface area contributed by atoms with Gasteiger partial charge in [-0.15, -0.1) is 0 Å². The number of hydrogen-bond donors (Lipinski definition) is 2. The van der Waals surface area contributed by atoms with Crippen LogP contribution in [0.2, 0.25) is 0 Å². The largest absolute Gasteiger partial charge is 0.384 e. The zero-order valence-corrected chi connectivity index (χ0v) is 11.4. The molecule has 1 aromatic heterocycles. The highest BCUT2D eigenvalue weighted by molar-refractivity contribution is 6.04. The Bertz CT molecular complexity index is 635. The van der Waals surface area contributed by atoms with Crippen LogP contribution in [0.25, 0.3) is 0 Å². The number of halogens is 1. The van der Waals surface area contributed by atoms with Gasteiger partial charge in [-0.2, -0.15) is 0 Å². The molecule has 0 unspecified atom stereocenters. The standard InChI is InChI=1S/C15H16FN3O/c1-3-12-6-10(7-14(17)18-12)15(20)19-13-5-9(2)4-11(16)8-13/h4-8H,3H2,1-2H3,(H2,17,18)(H,19,20). The zero-order valence-electron chi connectivity index (χ0n) is 11.4. The van der Waals surface area contributed by atoms with Crippen LogP contribution < -0.4 is 11.1 Å². The molecule has 1 aromatic carbocycles. The number of aromatic nitrogens is 1. The van der Waals surface area contributed by atoms with Gasteiger partial charge in [0.15, 0.2) is 0 Å². The minimum absolute atomic E-state index is 0.296. The van der Waals surface area contributed by atoms with Crippen molar-refractivity contribution in [3.63, 3.8) is 0 Å². The Labute approximate surface area is 116 Å². The van der Waals surface area contributed by atoms with Crippen LogP contribution in [0, 0.1) is 12.7 Å². The van der Waals surface area contributed by atoms with E-state index in [1.165, 1.54) is 18.2 Å². The summed E-state index contributed by atoms with van der Waals surface area (Å²) >= 11 is 0. The van der Waals surface area contributed by atoms with Crippen LogP contribution in [0.5, 0.6) is 0 Å². The highest BCUT2D eigenvalue weighted by Crippen LogP contribution is 2.16. The predicted octanol–water partition coefficient (Wildman–Crippen LogP) is 2.93. The van der Waals surface area contributed by atoms with E-state index in [2.05, 4.69) is 10.3 Å². The van der Waals surface area contributed by atoms with Crippen molar-refractivity contribution in [2.24, 2.45) is 0 Å². The van der Waals surface area contributed by atoms with Crippen molar-refractivity contribution in [1.82, 2.24) is 4.98 Å². The van der Waals surface area contributed by atoms with E-state index in [0.29, 0.717) is 23.5 Å². The molecule has 4 nitrogen and oxygen atoms in total. The van der Waals surface area contributed by atoms with Crippen molar-refractivity contribution >= 4 is 17.4 Å². The van der Waals surface area contributed by atoms with Crippen molar-refractivity contribution in [2.45, 2.75) is 20.3 Å². The number of nitrogens with one attached hydrogen (secondary N) is 1. The summed E-state index contributed by atoms with van der Waals surface area (Å²) < 4.78 is 13.3. The number of pyridine rings is 1. The summed E-state index contributed by atoms with van der Waals surface area (Å²) in [6.45, 7) is 3.69. The molecule has 1 amide bonds. The normalized spacial score (nSPS) is 10.3. The number of hydrogen-bond acceptors (Lipinski definition) is 3. The van der Waals surface area contributed by atoms with E-state index < -0.39 is 0 Å². The Kier molecular flexibility index (Phi) is 3.98. The molecular formula is C15H16FN3O. The van der Waals surface area contributed by atoms with Crippen molar-refractivity contribution < 1.29 is 9.18 Å². The average Bonchev–Trinajstić information content (AvgIpc) is 2.36. The molecule has 0 bridgehead atoms. The number of anilines is 2. The average molecular weight is 273 g/mol. The molecule has 20 heavy (non-hydrogen) atoms. The quantitative estimate of drug-likeness (QED) is 0.903. The van der Waals surface area contributed by atoms with E-state index in [4.69, 9.17) is 5.73 Å². The summed E-state index contributed by atoms with van der Waals surface area (Å²) in [5.41, 5.74) is 7.97. The number of amides is 1. The molecule has 0 aliphatic heterocycles. The maximum atomic E-state index is 13.3.